The zero-order chi connectivity index (χ0) is 15.5. The normalized spacial score (nSPS) is 25.3. The predicted molar refractivity (Wildman–Crippen MR) is 77.6 cm³/mol. The highest BCUT2D eigenvalue weighted by atomic mass is 16.4. The summed E-state index contributed by atoms with van der Waals surface area (Å²) in [4.78, 5) is 27.9. The number of aromatic nitrogens is 1. The minimum absolute atomic E-state index is 0.261. The number of aliphatic carboxylic acids is 1. The number of carboxylic acids is 1. The Labute approximate surface area is 123 Å². The van der Waals surface area contributed by atoms with E-state index in [-0.39, 0.29) is 18.5 Å². The molecule has 114 valence electrons. The van der Waals surface area contributed by atoms with E-state index in [1.165, 1.54) is 6.20 Å². The standard InChI is InChI=1S/C15H21N3O3/c1-15(14(20)21)6-3-2-4-12(15)18-13(19)10-5-7-17-11(8-10)9-16/h5,7-8,12H,2-4,6,9,16H2,1H3,(H,18,19)(H,20,21). The van der Waals surface area contributed by atoms with E-state index in [0.717, 1.165) is 12.8 Å². The molecule has 6 nitrogen and oxygen atoms in total. The van der Waals surface area contributed by atoms with Crippen LogP contribution < -0.4 is 11.1 Å². The average molecular weight is 291 g/mol. The zero-order valence-electron chi connectivity index (χ0n) is 12.1. The van der Waals surface area contributed by atoms with E-state index in [1.54, 1.807) is 19.1 Å². The van der Waals surface area contributed by atoms with Crippen molar-refractivity contribution < 1.29 is 14.7 Å². The first kappa shape index (κ1) is 15.4. The van der Waals surface area contributed by atoms with Gasteiger partial charge in [-0.25, -0.2) is 0 Å². The first-order chi connectivity index (χ1) is 9.97. The number of nitrogens with two attached hydrogens (primary N) is 1. The molecule has 1 aliphatic rings. The van der Waals surface area contributed by atoms with Crippen molar-refractivity contribution in [2.75, 3.05) is 0 Å². The van der Waals surface area contributed by atoms with Crippen LogP contribution >= 0.6 is 0 Å². The van der Waals surface area contributed by atoms with E-state index in [0.29, 0.717) is 24.1 Å². The molecular formula is C15H21N3O3. The Bertz CT molecular complexity index is 547. The molecular weight excluding hydrogens is 270 g/mol. The zero-order valence-corrected chi connectivity index (χ0v) is 12.1. The molecule has 1 aromatic rings. The van der Waals surface area contributed by atoms with Gasteiger partial charge in [-0.2, -0.15) is 0 Å². The summed E-state index contributed by atoms with van der Waals surface area (Å²) in [5, 5.41) is 12.3. The summed E-state index contributed by atoms with van der Waals surface area (Å²) < 4.78 is 0. The Morgan fingerprint density at radius 3 is 2.95 bits per heavy atom. The molecule has 1 amide bonds. The Morgan fingerprint density at radius 1 is 1.52 bits per heavy atom. The van der Waals surface area contributed by atoms with Gasteiger partial charge in [0.15, 0.2) is 0 Å². The third kappa shape index (κ3) is 3.21. The summed E-state index contributed by atoms with van der Waals surface area (Å²) >= 11 is 0. The summed E-state index contributed by atoms with van der Waals surface area (Å²) in [6.07, 6.45) is 4.61. The summed E-state index contributed by atoms with van der Waals surface area (Å²) in [6.45, 7) is 1.97. The molecule has 1 aliphatic carbocycles. The SMILES string of the molecule is CC1(C(=O)O)CCCCC1NC(=O)c1ccnc(CN)c1. The third-order valence-electron chi connectivity index (χ3n) is 4.29. The highest BCUT2D eigenvalue weighted by Crippen LogP contribution is 2.36. The molecule has 21 heavy (non-hydrogen) atoms. The number of rotatable bonds is 4. The van der Waals surface area contributed by atoms with Crippen molar-refractivity contribution in [1.82, 2.24) is 10.3 Å². The second-order valence-electron chi connectivity index (χ2n) is 5.73. The summed E-state index contributed by atoms with van der Waals surface area (Å²) in [7, 11) is 0. The minimum atomic E-state index is -0.905. The quantitative estimate of drug-likeness (QED) is 0.775. The number of amides is 1. The van der Waals surface area contributed by atoms with Crippen molar-refractivity contribution in [1.29, 1.82) is 0 Å². The van der Waals surface area contributed by atoms with Gasteiger partial charge in [-0.3, -0.25) is 14.6 Å². The molecule has 1 fully saturated rings. The molecule has 1 aromatic heterocycles. The maximum absolute atomic E-state index is 12.3. The smallest absolute Gasteiger partial charge is 0.311 e. The van der Waals surface area contributed by atoms with Gasteiger partial charge in [0.25, 0.3) is 5.91 Å². The van der Waals surface area contributed by atoms with Crippen LogP contribution in [0.25, 0.3) is 0 Å². The second-order valence-corrected chi connectivity index (χ2v) is 5.73. The van der Waals surface area contributed by atoms with Crippen molar-refractivity contribution in [2.24, 2.45) is 11.1 Å². The first-order valence-electron chi connectivity index (χ1n) is 7.16. The van der Waals surface area contributed by atoms with Crippen molar-refractivity contribution in [2.45, 2.75) is 45.2 Å². The number of carbonyl (C=O) groups excluding carboxylic acids is 1. The monoisotopic (exact) mass is 291 g/mol. The van der Waals surface area contributed by atoms with E-state index in [4.69, 9.17) is 5.73 Å². The number of carbonyl (C=O) groups is 2. The number of hydrogen-bond donors (Lipinski definition) is 3. The Hall–Kier alpha value is -1.95. The van der Waals surface area contributed by atoms with Crippen LogP contribution in [0.4, 0.5) is 0 Å². The van der Waals surface area contributed by atoms with E-state index in [2.05, 4.69) is 10.3 Å². The highest BCUT2D eigenvalue weighted by molar-refractivity contribution is 5.94. The maximum atomic E-state index is 12.3. The van der Waals surface area contributed by atoms with Crippen LogP contribution in [0.2, 0.25) is 0 Å². The largest absolute Gasteiger partial charge is 0.481 e. The van der Waals surface area contributed by atoms with Crippen molar-refractivity contribution in [3.63, 3.8) is 0 Å². The molecule has 0 spiro atoms. The van der Waals surface area contributed by atoms with E-state index in [1.807, 2.05) is 0 Å². The number of carboxylic acid groups (broad SMARTS) is 1. The number of pyridine rings is 1. The average Bonchev–Trinajstić information content (AvgIpc) is 2.49. The predicted octanol–water partition coefficient (Wildman–Crippen LogP) is 1.30. The molecule has 2 atom stereocenters. The van der Waals surface area contributed by atoms with Crippen LogP contribution in [0.5, 0.6) is 0 Å². The molecule has 4 N–H and O–H groups in total. The molecule has 0 aromatic carbocycles. The molecule has 0 aliphatic heterocycles. The molecule has 6 heteroatoms. The third-order valence-corrected chi connectivity index (χ3v) is 4.29. The fraction of sp³-hybridized carbons (Fsp3) is 0.533. The van der Waals surface area contributed by atoms with Crippen molar-refractivity contribution >= 4 is 11.9 Å². The van der Waals surface area contributed by atoms with Gasteiger partial charge in [-0.15, -0.1) is 0 Å². The minimum Gasteiger partial charge on any atom is -0.481 e. The van der Waals surface area contributed by atoms with E-state index < -0.39 is 11.4 Å². The topological polar surface area (TPSA) is 105 Å². The maximum Gasteiger partial charge on any atom is 0.311 e. The summed E-state index contributed by atoms with van der Waals surface area (Å²) in [5.41, 5.74) is 5.70. The van der Waals surface area contributed by atoms with Gasteiger partial charge in [0.05, 0.1) is 11.1 Å². The first-order valence-corrected chi connectivity index (χ1v) is 7.16. The fourth-order valence-electron chi connectivity index (χ4n) is 2.79. The summed E-state index contributed by atoms with van der Waals surface area (Å²) in [6, 6.07) is 2.89. The van der Waals surface area contributed by atoms with Gasteiger partial charge in [0.1, 0.15) is 0 Å². The fourth-order valence-corrected chi connectivity index (χ4v) is 2.79. The van der Waals surface area contributed by atoms with Crippen LogP contribution in [0, 0.1) is 5.41 Å². The molecule has 0 saturated heterocycles. The Kier molecular flexibility index (Phi) is 4.57. The van der Waals surface area contributed by atoms with Crippen LogP contribution in [0.1, 0.15) is 48.7 Å². The van der Waals surface area contributed by atoms with Gasteiger partial charge in [0.2, 0.25) is 0 Å². The lowest BCUT2D eigenvalue weighted by Gasteiger charge is -2.38. The van der Waals surface area contributed by atoms with Crippen molar-refractivity contribution in [3.05, 3.63) is 29.6 Å². The molecule has 1 saturated carbocycles. The molecule has 2 rings (SSSR count). The van der Waals surface area contributed by atoms with Gasteiger partial charge in [-0.1, -0.05) is 12.8 Å². The number of nitrogens with one attached hydrogen (secondary N) is 1. The lowest BCUT2D eigenvalue weighted by atomic mass is 9.71. The van der Waals surface area contributed by atoms with Gasteiger partial charge < -0.3 is 16.2 Å². The second kappa shape index (κ2) is 6.22. The van der Waals surface area contributed by atoms with Gasteiger partial charge >= 0.3 is 5.97 Å². The molecule has 0 bridgehead atoms. The van der Waals surface area contributed by atoms with Gasteiger partial charge in [0, 0.05) is 24.3 Å². The van der Waals surface area contributed by atoms with Crippen LogP contribution in [0.15, 0.2) is 18.3 Å². The summed E-state index contributed by atoms with van der Waals surface area (Å²) in [5.74, 6) is -1.13. The number of nitrogens with zero attached hydrogens (tertiary/aromatic N) is 1. The van der Waals surface area contributed by atoms with Crippen molar-refractivity contribution in [3.8, 4) is 0 Å². The Morgan fingerprint density at radius 2 is 2.29 bits per heavy atom. The van der Waals surface area contributed by atoms with Gasteiger partial charge in [-0.05, 0) is 31.9 Å². The Balaban J connectivity index is 2.15. The molecule has 0 radical (unpaired) electrons. The van der Waals surface area contributed by atoms with Crippen LogP contribution in [-0.4, -0.2) is 28.0 Å². The van der Waals surface area contributed by atoms with E-state index in [9.17, 15) is 14.7 Å². The lowest BCUT2D eigenvalue weighted by molar-refractivity contribution is -0.151. The lowest BCUT2D eigenvalue weighted by Crippen LogP contribution is -2.52. The number of hydrogen-bond acceptors (Lipinski definition) is 4. The highest BCUT2D eigenvalue weighted by Gasteiger charge is 2.43. The molecule has 1 heterocycles. The van der Waals surface area contributed by atoms with Crippen LogP contribution in [-0.2, 0) is 11.3 Å². The van der Waals surface area contributed by atoms with E-state index >= 15 is 0 Å². The van der Waals surface area contributed by atoms with Crippen LogP contribution in [0.3, 0.4) is 0 Å². The molecule has 2 unspecified atom stereocenters.